The number of aliphatic hydroxyl groups excluding tert-OH is 1. The molecule has 0 aliphatic carbocycles. The molecule has 5 nitrogen and oxygen atoms in total. The highest BCUT2D eigenvalue weighted by Gasteiger charge is 2.13. The van der Waals surface area contributed by atoms with E-state index in [9.17, 15) is 18.7 Å². The molecular formula is C14H13F2NO4. The van der Waals surface area contributed by atoms with Crippen LogP contribution in [-0.4, -0.2) is 24.2 Å². The van der Waals surface area contributed by atoms with Crippen LogP contribution >= 0.6 is 0 Å². The van der Waals surface area contributed by atoms with Gasteiger partial charge in [0.1, 0.15) is 5.75 Å². The van der Waals surface area contributed by atoms with Crippen LogP contribution in [0.1, 0.15) is 22.2 Å². The minimum Gasteiger partial charge on any atom is -0.459 e. The zero-order valence-corrected chi connectivity index (χ0v) is 10.8. The van der Waals surface area contributed by atoms with Crippen LogP contribution in [0.15, 0.2) is 47.1 Å². The molecule has 0 radical (unpaired) electrons. The summed E-state index contributed by atoms with van der Waals surface area (Å²) in [7, 11) is 0. The second-order valence-corrected chi connectivity index (χ2v) is 4.15. The van der Waals surface area contributed by atoms with Crippen LogP contribution in [-0.2, 0) is 0 Å². The van der Waals surface area contributed by atoms with Gasteiger partial charge in [-0.05, 0) is 29.8 Å². The Morgan fingerprint density at radius 2 is 2.00 bits per heavy atom. The van der Waals surface area contributed by atoms with E-state index in [1.807, 2.05) is 0 Å². The van der Waals surface area contributed by atoms with Crippen LogP contribution in [0.3, 0.4) is 0 Å². The molecule has 2 rings (SSSR count). The molecule has 0 fully saturated rings. The number of hydrogen-bond acceptors (Lipinski definition) is 4. The molecule has 0 saturated carbocycles. The third-order valence-electron chi connectivity index (χ3n) is 2.69. The predicted octanol–water partition coefficient (Wildman–Crippen LogP) is 2.34. The van der Waals surface area contributed by atoms with E-state index in [1.54, 1.807) is 6.07 Å². The molecule has 112 valence electrons. The summed E-state index contributed by atoms with van der Waals surface area (Å²) in [6.07, 6.45) is 0.400. The number of ether oxygens (including phenoxy) is 1. The van der Waals surface area contributed by atoms with Gasteiger partial charge < -0.3 is 19.6 Å². The van der Waals surface area contributed by atoms with E-state index in [2.05, 4.69) is 10.1 Å². The van der Waals surface area contributed by atoms with Gasteiger partial charge in [-0.2, -0.15) is 8.78 Å². The lowest BCUT2D eigenvalue weighted by atomic mass is 10.1. The summed E-state index contributed by atoms with van der Waals surface area (Å²) in [6, 6.07) is 8.60. The Labute approximate surface area is 119 Å². The van der Waals surface area contributed by atoms with E-state index in [0.29, 0.717) is 5.56 Å². The number of benzene rings is 1. The molecule has 1 atom stereocenters. The van der Waals surface area contributed by atoms with Crippen molar-refractivity contribution in [3.05, 3.63) is 54.0 Å². The Hall–Kier alpha value is -2.41. The van der Waals surface area contributed by atoms with E-state index < -0.39 is 18.6 Å². The van der Waals surface area contributed by atoms with E-state index >= 15 is 0 Å². The zero-order chi connectivity index (χ0) is 15.2. The first-order valence-electron chi connectivity index (χ1n) is 6.11. The lowest BCUT2D eigenvalue weighted by Crippen LogP contribution is -2.28. The second kappa shape index (κ2) is 6.85. The third kappa shape index (κ3) is 4.28. The number of halogens is 2. The van der Waals surface area contributed by atoms with Crippen molar-refractivity contribution < 1.29 is 27.8 Å². The Morgan fingerprint density at radius 1 is 1.29 bits per heavy atom. The first-order valence-corrected chi connectivity index (χ1v) is 6.11. The second-order valence-electron chi connectivity index (χ2n) is 4.15. The summed E-state index contributed by atoms with van der Waals surface area (Å²) in [5.74, 6) is -0.305. The first-order chi connectivity index (χ1) is 10.1. The van der Waals surface area contributed by atoms with Crippen molar-refractivity contribution in [1.29, 1.82) is 0 Å². The lowest BCUT2D eigenvalue weighted by Gasteiger charge is -2.12. The van der Waals surface area contributed by atoms with E-state index in [-0.39, 0.29) is 18.1 Å². The summed E-state index contributed by atoms with van der Waals surface area (Å²) in [5.41, 5.74) is 0.469. The SMILES string of the molecule is O=C(NCC(O)c1ccc(OC(F)F)cc1)c1ccco1. The lowest BCUT2D eigenvalue weighted by molar-refractivity contribution is -0.0498. The molecule has 7 heteroatoms. The van der Waals surface area contributed by atoms with Crippen LogP contribution < -0.4 is 10.1 Å². The molecule has 1 heterocycles. The quantitative estimate of drug-likeness (QED) is 0.858. The monoisotopic (exact) mass is 297 g/mol. The van der Waals surface area contributed by atoms with Gasteiger partial charge in [0.05, 0.1) is 12.4 Å². The zero-order valence-electron chi connectivity index (χ0n) is 10.8. The van der Waals surface area contributed by atoms with Gasteiger partial charge in [-0.25, -0.2) is 0 Å². The standard InChI is InChI=1S/C14H13F2NO4/c15-14(16)21-10-5-3-9(4-6-10)11(18)8-17-13(19)12-2-1-7-20-12/h1-7,11,14,18H,8H2,(H,17,19). The number of hydrogen-bond donors (Lipinski definition) is 2. The molecular weight excluding hydrogens is 284 g/mol. The fraction of sp³-hybridized carbons (Fsp3) is 0.214. The molecule has 1 aromatic heterocycles. The van der Waals surface area contributed by atoms with E-state index in [0.717, 1.165) is 0 Å². The highest BCUT2D eigenvalue weighted by atomic mass is 19.3. The molecule has 0 saturated heterocycles. The Bertz CT molecular complexity index is 569. The van der Waals surface area contributed by atoms with Crippen LogP contribution in [0.2, 0.25) is 0 Å². The first kappa shape index (κ1) is 15.0. The number of alkyl halides is 2. The van der Waals surface area contributed by atoms with Crippen LogP contribution in [0.5, 0.6) is 5.75 Å². The maximum atomic E-state index is 12.0. The molecule has 0 bridgehead atoms. The van der Waals surface area contributed by atoms with Crippen LogP contribution in [0, 0.1) is 0 Å². The summed E-state index contributed by atoms with van der Waals surface area (Å²) < 4.78 is 33.1. The largest absolute Gasteiger partial charge is 0.459 e. The summed E-state index contributed by atoms with van der Waals surface area (Å²) in [5, 5.41) is 12.4. The molecule has 21 heavy (non-hydrogen) atoms. The molecule has 2 N–H and O–H groups in total. The Kier molecular flexibility index (Phi) is 4.89. The Balaban J connectivity index is 1.88. The predicted molar refractivity (Wildman–Crippen MR) is 69.1 cm³/mol. The van der Waals surface area contributed by atoms with Crippen molar-refractivity contribution in [2.24, 2.45) is 0 Å². The van der Waals surface area contributed by atoms with Crippen molar-refractivity contribution in [1.82, 2.24) is 5.32 Å². The molecule has 0 aliphatic heterocycles. The number of rotatable bonds is 6. The topological polar surface area (TPSA) is 71.7 Å². The number of carbonyl (C=O) groups is 1. The maximum Gasteiger partial charge on any atom is 0.387 e. The molecule has 2 aromatic rings. The van der Waals surface area contributed by atoms with Crippen molar-refractivity contribution in [2.75, 3.05) is 6.54 Å². The van der Waals surface area contributed by atoms with E-state index in [1.165, 1.54) is 36.6 Å². The number of aliphatic hydroxyl groups is 1. The average Bonchev–Trinajstić information content (AvgIpc) is 2.99. The van der Waals surface area contributed by atoms with Gasteiger partial charge in [0, 0.05) is 6.54 Å². The van der Waals surface area contributed by atoms with Gasteiger partial charge in [-0.1, -0.05) is 12.1 Å². The summed E-state index contributed by atoms with van der Waals surface area (Å²) in [6.45, 7) is -2.93. The van der Waals surface area contributed by atoms with Gasteiger partial charge in [0.2, 0.25) is 0 Å². The average molecular weight is 297 g/mol. The molecule has 1 aromatic carbocycles. The number of nitrogens with one attached hydrogen (secondary N) is 1. The van der Waals surface area contributed by atoms with Gasteiger partial charge >= 0.3 is 6.61 Å². The number of furan rings is 1. The minimum atomic E-state index is -2.90. The fourth-order valence-electron chi connectivity index (χ4n) is 1.67. The third-order valence-corrected chi connectivity index (χ3v) is 2.69. The smallest absolute Gasteiger partial charge is 0.387 e. The maximum absolute atomic E-state index is 12.0. The van der Waals surface area contributed by atoms with Gasteiger partial charge in [-0.3, -0.25) is 4.79 Å². The molecule has 0 spiro atoms. The van der Waals surface area contributed by atoms with Gasteiger partial charge in [-0.15, -0.1) is 0 Å². The normalized spacial score (nSPS) is 12.2. The highest BCUT2D eigenvalue weighted by Crippen LogP contribution is 2.19. The van der Waals surface area contributed by atoms with Crippen molar-refractivity contribution >= 4 is 5.91 Å². The molecule has 0 aliphatic rings. The summed E-state index contributed by atoms with van der Waals surface area (Å²) >= 11 is 0. The van der Waals surface area contributed by atoms with Crippen LogP contribution in [0.25, 0.3) is 0 Å². The van der Waals surface area contributed by atoms with Gasteiger partial charge in [0.15, 0.2) is 5.76 Å². The number of amides is 1. The fourth-order valence-corrected chi connectivity index (χ4v) is 1.67. The van der Waals surface area contributed by atoms with Crippen molar-refractivity contribution in [3.8, 4) is 5.75 Å². The minimum absolute atomic E-state index is 0.000529. The van der Waals surface area contributed by atoms with E-state index in [4.69, 9.17) is 4.42 Å². The highest BCUT2D eigenvalue weighted by molar-refractivity contribution is 5.91. The molecule has 1 unspecified atom stereocenters. The number of carbonyl (C=O) groups excluding carboxylic acids is 1. The van der Waals surface area contributed by atoms with Crippen molar-refractivity contribution in [2.45, 2.75) is 12.7 Å². The van der Waals surface area contributed by atoms with Crippen LogP contribution in [0.4, 0.5) is 8.78 Å². The van der Waals surface area contributed by atoms with Gasteiger partial charge in [0.25, 0.3) is 5.91 Å². The summed E-state index contributed by atoms with van der Waals surface area (Å²) in [4.78, 5) is 11.6. The molecule has 1 amide bonds. The van der Waals surface area contributed by atoms with Crippen molar-refractivity contribution in [3.63, 3.8) is 0 Å². The Morgan fingerprint density at radius 3 is 2.57 bits per heavy atom.